The Morgan fingerprint density at radius 2 is 1.23 bits per heavy atom. The van der Waals surface area contributed by atoms with Crippen LogP contribution in [0.4, 0.5) is 17.1 Å². The van der Waals surface area contributed by atoms with E-state index in [0.717, 1.165) is 16.7 Å². The minimum atomic E-state index is -3.95. The average molecular weight is 564 g/mol. The molecule has 1 amide bonds. The summed E-state index contributed by atoms with van der Waals surface area (Å²) < 4.78 is 57.1. The summed E-state index contributed by atoms with van der Waals surface area (Å²) in [7, 11) is -7.79. The van der Waals surface area contributed by atoms with E-state index in [4.69, 9.17) is 0 Å². The summed E-state index contributed by atoms with van der Waals surface area (Å²) >= 11 is 0. The number of amides is 1. The van der Waals surface area contributed by atoms with Crippen molar-refractivity contribution in [2.24, 2.45) is 0 Å². The number of carbonyl (C=O) groups excluding carboxylic acids is 1. The van der Waals surface area contributed by atoms with Gasteiger partial charge in [-0.25, -0.2) is 16.8 Å². The Kier molecular flexibility index (Phi) is 7.80. The molecule has 10 heteroatoms. The second-order valence-corrected chi connectivity index (χ2v) is 12.6. The van der Waals surface area contributed by atoms with Gasteiger partial charge in [0.2, 0.25) is 0 Å². The number of rotatable bonds is 8. The van der Waals surface area contributed by atoms with Crippen LogP contribution in [0.2, 0.25) is 0 Å². The fourth-order valence-corrected chi connectivity index (χ4v) is 6.41. The van der Waals surface area contributed by atoms with Crippen LogP contribution in [-0.2, 0) is 20.0 Å². The molecule has 0 heterocycles. The largest absolute Gasteiger partial charge is 0.322 e. The van der Waals surface area contributed by atoms with Crippen molar-refractivity contribution in [1.29, 1.82) is 0 Å². The van der Waals surface area contributed by atoms with Gasteiger partial charge in [-0.15, -0.1) is 0 Å². The lowest BCUT2D eigenvalue weighted by Gasteiger charge is -2.14. The molecule has 0 fully saturated rings. The molecule has 0 aliphatic heterocycles. The van der Waals surface area contributed by atoms with Gasteiger partial charge in [-0.05, 0) is 98.5 Å². The Balaban J connectivity index is 1.51. The molecule has 39 heavy (non-hydrogen) atoms. The number of sulfonamides is 2. The number of aryl methyl sites for hydroxylation is 4. The highest BCUT2D eigenvalue weighted by Crippen LogP contribution is 2.25. The molecule has 4 aromatic carbocycles. The minimum absolute atomic E-state index is 0.0163. The molecule has 0 atom stereocenters. The summed E-state index contributed by atoms with van der Waals surface area (Å²) in [6.45, 7) is 7.14. The molecule has 0 saturated heterocycles. The maximum absolute atomic E-state index is 13.1. The highest BCUT2D eigenvalue weighted by Gasteiger charge is 2.21. The number of para-hydroxylation sites is 1. The van der Waals surface area contributed by atoms with E-state index >= 15 is 0 Å². The van der Waals surface area contributed by atoms with E-state index in [1.807, 2.05) is 32.0 Å². The maximum atomic E-state index is 13.1. The van der Waals surface area contributed by atoms with Crippen molar-refractivity contribution in [3.8, 4) is 0 Å². The quantitative estimate of drug-likeness (QED) is 0.251. The van der Waals surface area contributed by atoms with Crippen molar-refractivity contribution < 1.29 is 21.6 Å². The van der Waals surface area contributed by atoms with E-state index < -0.39 is 26.0 Å². The van der Waals surface area contributed by atoms with E-state index in [2.05, 4.69) is 14.8 Å². The van der Waals surface area contributed by atoms with Crippen molar-refractivity contribution in [1.82, 2.24) is 0 Å². The Bertz CT molecular complexity index is 1770. The van der Waals surface area contributed by atoms with E-state index in [1.54, 1.807) is 44.2 Å². The zero-order valence-electron chi connectivity index (χ0n) is 21.9. The highest BCUT2D eigenvalue weighted by molar-refractivity contribution is 7.93. The molecule has 4 rings (SSSR count). The van der Waals surface area contributed by atoms with Gasteiger partial charge in [0.05, 0.1) is 21.2 Å². The molecule has 3 N–H and O–H groups in total. The smallest absolute Gasteiger partial charge is 0.262 e. The zero-order chi connectivity index (χ0) is 28.4. The standard InChI is InChI=1S/C29H29N3O5S2/c1-19-9-10-21(3)27(17-19)32-38(34,35)25-15-13-24(14-16-25)30-29(33)23-12-11-22(4)28(18-23)39(36,37)31-26-8-6-5-7-20(26)2/h5-18,31-32H,1-4H3,(H,30,33). The fraction of sp³-hybridized carbons (Fsp3) is 0.138. The van der Waals surface area contributed by atoms with Crippen LogP contribution in [0, 0.1) is 27.7 Å². The Labute approximate surface area is 229 Å². The van der Waals surface area contributed by atoms with Gasteiger partial charge < -0.3 is 5.32 Å². The number of hydrogen-bond acceptors (Lipinski definition) is 5. The summed E-state index contributed by atoms with van der Waals surface area (Å²) in [5, 5.41) is 2.69. The first-order valence-corrected chi connectivity index (χ1v) is 15.0. The second-order valence-electron chi connectivity index (χ2n) is 9.30. The van der Waals surface area contributed by atoms with Crippen molar-refractivity contribution in [2.75, 3.05) is 14.8 Å². The molecular formula is C29H29N3O5S2. The molecule has 202 valence electrons. The maximum Gasteiger partial charge on any atom is 0.262 e. The normalized spacial score (nSPS) is 11.6. The van der Waals surface area contributed by atoms with Crippen LogP contribution in [0.1, 0.15) is 32.6 Å². The van der Waals surface area contributed by atoms with Crippen LogP contribution in [0.25, 0.3) is 0 Å². The lowest BCUT2D eigenvalue weighted by atomic mass is 10.1. The molecule has 0 aromatic heterocycles. The number of hydrogen-bond donors (Lipinski definition) is 3. The van der Waals surface area contributed by atoms with Crippen molar-refractivity contribution >= 4 is 43.0 Å². The van der Waals surface area contributed by atoms with E-state index in [1.165, 1.54) is 36.4 Å². The molecule has 0 aliphatic rings. The van der Waals surface area contributed by atoms with Crippen LogP contribution in [0.3, 0.4) is 0 Å². The van der Waals surface area contributed by atoms with Crippen LogP contribution in [0.15, 0.2) is 94.7 Å². The highest BCUT2D eigenvalue weighted by atomic mass is 32.2. The van der Waals surface area contributed by atoms with Gasteiger partial charge in [-0.2, -0.15) is 0 Å². The van der Waals surface area contributed by atoms with Gasteiger partial charge in [0.1, 0.15) is 0 Å². The minimum Gasteiger partial charge on any atom is -0.322 e. The van der Waals surface area contributed by atoms with Gasteiger partial charge in [0.15, 0.2) is 0 Å². The van der Waals surface area contributed by atoms with Gasteiger partial charge >= 0.3 is 0 Å². The average Bonchev–Trinajstić information content (AvgIpc) is 2.88. The summed E-state index contributed by atoms with van der Waals surface area (Å²) in [6.07, 6.45) is 0. The molecule has 0 aliphatic carbocycles. The van der Waals surface area contributed by atoms with Crippen LogP contribution >= 0.6 is 0 Å². The molecule has 0 bridgehead atoms. The van der Waals surface area contributed by atoms with Crippen LogP contribution < -0.4 is 14.8 Å². The number of carbonyl (C=O) groups is 1. The van der Waals surface area contributed by atoms with Gasteiger partial charge in [0.25, 0.3) is 26.0 Å². The molecule has 8 nitrogen and oxygen atoms in total. The van der Waals surface area contributed by atoms with Crippen LogP contribution in [-0.4, -0.2) is 22.7 Å². The Morgan fingerprint density at radius 3 is 1.92 bits per heavy atom. The zero-order valence-corrected chi connectivity index (χ0v) is 23.6. The first-order chi connectivity index (χ1) is 18.4. The van der Waals surface area contributed by atoms with E-state index in [-0.39, 0.29) is 15.4 Å². The van der Waals surface area contributed by atoms with Gasteiger partial charge in [-0.1, -0.05) is 36.4 Å². The SMILES string of the molecule is Cc1ccc(C)c(NS(=O)(=O)c2ccc(NC(=O)c3ccc(C)c(S(=O)(=O)Nc4ccccc4C)c3)cc2)c1. The van der Waals surface area contributed by atoms with E-state index in [9.17, 15) is 21.6 Å². The van der Waals surface area contributed by atoms with Crippen molar-refractivity contribution in [3.63, 3.8) is 0 Å². The van der Waals surface area contributed by atoms with E-state index in [0.29, 0.717) is 22.6 Å². The summed E-state index contributed by atoms with van der Waals surface area (Å²) in [6, 6.07) is 22.6. The van der Waals surface area contributed by atoms with Crippen molar-refractivity contribution in [2.45, 2.75) is 37.5 Å². The topological polar surface area (TPSA) is 121 Å². The van der Waals surface area contributed by atoms with Gasteiger partial charge in [0, 0.05) is 11.3 Å². The predicted octanol–water partition coefficient (Wildman–Crippen LogP) is 5.77. The lowest BCUT2D eigenvalue weighted by Crippen LogP contribution is -2.17. The number of nitrogens with one attached hydrogen (secondary N) is 3. The third-order valence-electron chi connectivity index (χ3n) is 6.19. The Hall–Kier alpha value is -4.15. The number of anilines is 3. The summed E-state index contributed by atoms with van der Waals surface area (Å²) in [4.78, 5) is 13.0. The monoisotopic (exact) mass is 563 g/mol. The van der Waals surface area contributed by atoms with Crippen LogP contribution in [0.5, 0.6) is 0 Å². The molecule has 0 radical (unpaired) electrons. The number of benzene rings is 4. The first-order valence-electron chi connectivity index (χ1n) is 12.1. The fourth-order valence-electron chi connectivity index (χ4n) is 3.89. The molecule has 0 saturated carbocycles. The third kappa shape index (κ3) is 6.47. The van der Waals surface area contributed by atoms with Gasteiger partial charge in [-0.3, -0.25) is 14.2 Å². The molecule has 0 unspecified atom stereocenters. The predicted molar refractivity (Wildman–Crippen MR) is 154 cm³/mol. The first kappa shape index (κ1) is 27.9. The third-order valence-corrected chi connectivity index (χ3v) is 9.08. The summed E-state index contributed by atoms with van der Waals surface area (Å²) in [5.41, 5.74) is 4.41. The molecule has 4 aromatic rings. The lowest BCUT2D eigenvalue weighted by molar-refractivity contribution is 0.102. The summed E-state index contributed by atoms with van der Waals surface area (Å²) in [5.74, 6) is -0.536. The molecule has 0 spiro atoms. The molecular weight excluding hydrogens is 534 g/mol. The second kappa shape index (κ2) is 10.9. The van der Waals surface area contributed by atoms with Crippen molar-refractivity contribution in [3.05, 3.63) is 113 Å². The Morgan fingerprint density at radius 1 is 0.615 bits per heavy atom.